The van der Waals surface area contributed by atoms with E-state index in [9.17, 15) is 4.79 Å². The van der Waals surface area contributed by atoms with E-state index in [1.165, 1.54) is 6.20 Å². The van der Waals surface area contributed by atoms with Crippen LogP contribution in [0.3, 0.4) is 0 Å². The zero-order valence-corrected chi connectivity index (χ0v) is 8.86. The van der Waals surface area contributed by atoms with Gasteiger partial charge in [0.15, 0.2) is 5.69 Å². The Kier molecular flexibility index (Phi) is 2.60. The Morgan fingerprint density at radius 1 is 1.60 bits per heavy atom. The average molecular weight is 225 g/mol. The van der Waals surface area contributed by atoms with Crippen molar-refractivity contribution >= 4 is 23.2 Å². The number of rotatable bonds is 2. The molecule has 0 saturated heterocycles. The van der Waals surface area contributed by atoms with Crippen LogP contribution in [0.1, 0.15) is 17.4 Å². The zero-order valence-electron chi connectivity index (χ0n) is 8.11. The van der Waals surface area contributed by atoms with Gasteiger partial charge in [0.2, 0.25) is 0 Å². The maximum atomic E-state index is 11.5. The highest BCUT2D eigenvalue weighted by atomic mass is 35.5. The number of ether oxygens (including phenoxy) is 1. The summed E-state index contributed by atoms with van der Waals surface area (Å²) in [7, 11) is 0. The molecule has 0 bridgehead atoms. The molecule has 0 aromatic carbocycles. The molecule has 0 aliphatic heterocycles. The summed E-state index contributed by atoms with van der Waals surface area (Å²) in [5.74, 6) is -0.396. The van der Waals surface area contributed by atoms with E-state index in [-0.39, 0.29) is 0 Å². The van der Waals surface area contributed by atoms with Crippen molar-refractivity contribution < 1.29 is 9.53 Å². The van der Waals surface area contributed by atoms with Crippen LogP contribution in [0.25, 0.3) is 5.65 Å². The van der Waals surface area contributed by atoms with Gasteiger partial charge in [-0.15, -0.1) is 0 Å². The molecule has 0 amide bonds. The first-order valence-electron chi connectivity index (χ1n) is 4.52. The molecular weight excluding hydrogens is 216 g/mol. The lowest BCUT2D eigenvalue weighted by Crippen LogP contribution is -2.07. The van der Waals surface area contributed by atoms with E-state index < -0.39 is 5.97 Å². The summed E-state index contributed by atoms with van der Waals surface area (Å²) in [6.07, 6.45) is 3.11. The molecule has 2 rings (SSSR count). The minimum Gasteiger partial charge on any atom is -0.461 e. The molecule has 0 aliphatic carbocycles. The molecular formula is C10H9ClN2O2. The summed E-state index contributed by atoms with van der Waals surface area (Å²) in [6, 6.07) is 3.46. The third-order valence-electron chi connectivity index (χ3n) is 1.95. The topological polar surface area (TPSA) is 43.6 Å². The highest BCUT2D eigenvalue weighted by molar-refractivity contribution is 6.30. The summed E-state index contributed by atoms with van der Waals surface area (Å²) in [5, 5.41) is 0.547. The lowest BCUT2D eigenvalue weighted by molar-refractivity contribution is 0.0518. The van der Waals surface area contributed by atoms with E-state index >= 15 is 0 Å². The molecule has 0 N–H and O–H groups in total. The number of fused-ring (bicyclic) bond motifs is 1. The van der Waals surface area contributed by atoms with Crippen LogP contribution < -0.4 is 0 Å². The van der Waals surface area contributed by atoms with Crippen LogP contribution in [-0.4, -0.2) is 22.0 Å². The van der Waals surface area contributed by atoms with E-state index in [0.29, 0.717) is 23.0 Å². The lowest BCUT2D eigenvalue weighted by atomic mass is 10.4. The van der Waals surface area contributed by atoms with Gasteiger partial charge in [0.25, 0.3) is 0 Å². The molecule has 4 nitrogen and oxygen atoms in total. The fourth-order valence-electron chi connectivity index (χ4n) is 1.31. The van der Waals surface area contributed by atoms with Crippen molar-refractivity contribution in [3.05, 3.63) is 35.2 Å². The van der Waals surface area contributed by atoms with Crippen molar-refractivity contribution in [1.29, 1.82) is 0 Å². The standard InChI is InChI=1S/C10H9ClN2O2/c1-2-15-10(14)8-5-12-9-4-3-7(11)6-13(8)9/h3-6H,2H2,1H3. The van der Waals surface area contributed by atoms with Crippen molar-refractivity contribution in [2.45, 2.75) is 6.92 Å². The van der Waals surface area contributed by atoms with E-state index in [1.54, 1.807) is 29.7 Å². The summed E-state index contributed by atoms with van der Waals surface area (Å²) >= 11 is 5.83. The Labute approximate surface area is 91.4 Å². The van der Waals surface area contributed by atoms with Crippen molar-refractivity contribution in [2.24, 2.45) is 0 Å². The molecule has 0 saturated carbocycles. The van der Waals surface area contributed by atoms with Gasteiger partial charge in [-0.1, -0.05) is 11.6 Å². The first kappa shape index (κ1) is 9.98. The number of carbonyl (C=O) groups excluding carboxylic acids is 1. The molecule has 0 spiro atoms. The second-order valence-electron chi connectivity index (χ2n) is 2.94. The van der Waals surface area contributed by atoms with Gasteiger partial charge >= 0.3 is 5.97 Å². The first-order chi connectivity index (χ1) is 7.22. The van der Waals surface area contributed by atoms with Gasteiger partial charge in [-0.2, -0.15) is 0 Å². The molecule has 0 atom stereocenters. The molecule has 5 heteroatoms. The van der Waals surface area contributed by atoms with Gasteiger partial charge in [0, 0.05) is 6.20 Å². The van der Waals surface area contributed by atoms with Gasteiger partial charge in [-0.3, -0.25) is 4.40 Å². The van der Waals surface area contributed by atoms with E-state index in [4.69, 9.17) is 16.3 Å². The molecule has 2 heterocycles. The lowest BCUT2D eigenvalue weighted by Gasteiger charge is -2.01. The normalized spacial score (nSPS) is 10.5. The molecule has 2 aromatic rings. The summed E-state index contributed by atoms with van der Waals surface area (Å²) < 4.78 is 6.50. The van der Waals surface area contributed by atoms with E-state index in [1.807, 2.05) is 0 Å². The minimum absolute atomic E-state index is 0.340. The van der Waals surface area contributed by atoms with Crippen molar-refractivity contribution in [1.82, 2.24) is 9.38 Å². The number of hydrogen-bond acceptors (Lipinski definition) is 3. The summed E-state index contributed by atoms with van der Waals surface area (Å²) in [6.45, 7) is 2.10. The highest BCUT2D eigenvalue weighted by Gasteiger charge is 2.12. The molecule has 78 valence electrons. The Balaban J connectivity index is 2.52. The van der Waals surface area contributed by atoms with E-state index in [0.717, 1.165) is 0 Å². The number of aromatic nitrogens is 2. The SMILES string of the molecule is CCOC(=O)c1cnc2ccc(Cl)cn12. The number of hydrogen-bond donors (Lipinski definition) is 0. The number of carbonyl (C=O) groups is 1. The maximum Gasteiger partial charge on any atom is 0.356 e. The van der Waals surface area contributed by atoms with Crippen LogP contribution in [-0.2, 0) is 4.74 Å². The number of nitrogens with zero attached hydrogens (tertiary/aromatic N) is 2. The quantitative estimate of drug-likeness (QED) is 0.735. The maximum absolute atomic E-state index is 11.5. The van der Waals surface area contributed by atoms with E-state index in [2.05, 4.69) is 4.98 Å². The number of imidazole rings is 1. The van der Waals surface area contributed by atoms with Crippen LogP contribution in [0, 0.1) is 0 Å². The molecule has 0 aliphatic rings. The molecule has 0 fully saturated rings. The molecule has 2 aromatic heterocycles. The molecule has 0 radical (unpaired) electrons. The molecule has 0 unspecified atom stereocenters. The second kappa shape index (κ2) is 3.90. The van der Waals surface area contributed by atoms with Gasteiger partial charge in [0.1, 0.15) is 5.65 Å². The number of esters is 1. The zero-order chi connectivity index (χ0) is 10.8. The van der Waals surface area contributed by atoms with Crippen molar-refractivity contribution in [3.8, 4) is 0 Å². The smallest absolute Gasteiger partial charge is 0.356 e. The minimum atomic E-state index is -0.396. The fraction of sp³-hybridized carbons (Fsp3) is 0.200. The van der Waals surface area contributed by atoms with Gasteiger partial charge in [-0.05, 0) is 19.1 Å². The summed E-state index contributed by atoms with van der Waals surface area (Å²) in [5.41, 5.74) is 1.05. The first-order valence-corrected chi connectivity index (χ1v) is 4.90. The van der Waals surface area contributed by atoms with Crippen molar-refractivity contribution in [3.63, 3.8) is 0 Å². The van der Waals surface area contributed by atoms with Crippen LogP contribution in [0.15, 0.2) is 24.5 Å². The van der Waals surface area contributed by atoms with Gasteiger partial charge < -0.3 is 4.74 Å². The third kappa shape index (κ3) is 1.80. The Bertz CT molecular complexity index is 507. The Morgan fingerprint density at radius 3 is 3.13 bits per heavy atom. The fourth-order valence-corrected chi connectivity index (χ4v) is 1.47. The highest BCUT2D eigenvalue weighted by Crippen LogP contribution is 2.13. The van der Waals surface area contributed by atoms with Crippen LogP contribution in [0.5, 0.6) is 0 Å². The largest absolute Gasteiger partial charge is 0.461 e. The Morgan fingerprint density at radius 2 is 2.40 bits per heavy atom. The van der Waals surface area contributed by atoms with Gasteiger partial charge in [0.05, 0.1) is 17.8 Å². The second-order valence-corrected chi connectivity index (χ2v) is 3.38. The number of halogens is 1. The van der Waals surface area contributed by atoms with Crippen molar-refractivity contribution in [2.75, 3.05) is 6.61 Å². The average Bonchev–Trinajstić information content (AvgIpc) is 2.60. The van der Waals surface area contributed by atoms with Crippen LogP contribution >= 0.6 is 11.6 Å². The van der Waals surface area contributed by atoms with Crippen LogP contribution in [0.2, 0.25) is 5.02 Å². The third-order valence-corrected chi connectivity index (χ3v) is 2.18. The predicted molar refractivity (Wildman–Crippen MR) is 56.2 cm³/mol. The van der Waals surface area contributed by atoms with Crippen LogP contribution in [0.4, 0.5) is 0 Å². The summed E-state index contributed by atoms with van der Waals surface area (Å²) in [4.78, 5) is 15.6. The Hall–Kier alpha value is -1.55. The van der Waals surface area contributed by atoms with Gasteiger partial charge in [-0.25, -0.2) is 9.78 Å². The number of pyridine rings is 1. The monoisotopic (exact) mass is 224 g/mol. The molecule has 15 heavy (non-hydrogen) atoms. The predicted octanol–water partition coefficient (Wildman–Crippen LogP) is 2.16.